The number of rotatable bonds is 6. The summed E-state index contributed by atoms with van der Waals surface area (Å²) in [6.45, 7) is 2.59. The minimum Gasteiger partial charge on any atom is -0.493 e. The Labute approximate surface area is 249 Å². The Morgan fingerprint density at radius 3 is 2.57 bits per heavy atom. The van der Waals surface area contributed by atoms with Crippen LogP contribution in [0.4, 0.5) is 17.6 Å². The Hall–Kier alpha value is -4.56. The molecule has 44 heavy (non-hydrogen) atoms. The lowest BCUT2D eigenvalue weighted by molar-refractivity contribution is -0.141. The first-order valence-electron chi connectivity index (χ1n) is 13.3. The quantitative estimate of drug-likeness (QED) is 0.287. The molecule has 2 aromatic heterocycles. The molecule has 3 heterocycles. The summed E-state index contributed by atoms with van der Waals surface area (Å²) in [6, 6.07) is 6.94. The van der Waals surface area contributed by atoms with E-state index >= 15 is 4.39 Å². The van der Waals surface area contributed by atoms with Gasteiger partial charge in [-0.25, -0.2) is 22.5 Å². The van der Waals surface area contributed by atoms with Gasteiger partial charge in [0.25, 0.3) is 0 Å². The number of fused-ring (bicyclic) bond motifs is 1. The van der Waals surface area contributed by atoms with Crippen molar-refractivity contribution in [3.05, 3.63) is 101 Å². The molecule has 2 aliphatic rings. The summed E-state index contributed by atoms with van der Waals surface area (Å²) in [4.78, 5) is 3.32. The summed E-state index contributed by atoms with van der Waals surface area (Å²) >= 11 is 0. The van der Waals surface area contributed by atoms with Crippen LogP contribution in [0.3, 0.4) is 0 Å². The van der Waals surface area contributed by atoms with Crippen molar-refractivity contribution in [2.24, 2.45) is 5.92 Å². The van der Waals surface area contributed by atoms with Crippen LogP contribution in [0.15, 0.2) is 77.7 Å². The van der Waals surface area contributed by atoms with Gasteiger partial charge in [-0.2, -0.15) is 13.2 Å². The normalized spacial score (nSPS) is 18.2. The molecule has 1 aliphatic heterocycles. The van der Waals surface area contributed by atoms with Crippen molar-refractivity contribution in [3.63, 3.8) is 0 Å². The highest BCUT2D eigenvalue weighted by Gasteiger charge is 2.35. The molecule has 2 aromatic carbocycles. The monoisotopic (exact) mass is 627 g/mol. The zero-order valence-electron chi connectivity index (χ0n) is 23.5. The van der Waals surface area contributed by atoms with Crippen molar-refractivity contribution < 1.29 is 35.8 Å². The number of nitrogens with zero attached hydrogens (tertiary/aromatic N) is 5. The van der Waals surface area contributed by atoms with E-state index in [-0.39, 0.29) is 45.2 Å². The van der Waals surface area contributed by atoms with Gasteiger partial charge in [-0.1, -0.05) is 24.3 Å². The molecule has 0 fully saturated rings. The number of aliphatic hydroxyl groups excluding tert-OH is 1. The number of aromatic nitrogens is 5. The first-order chi connectivity index (χ1) is 20.8. The van der Waals surface area contributed by atoms with Crippen molar-refractivity contribution >= 4 is 15.4 Å². The van der Waals surface area contributed by atoms with E-state index in [1.807, 2.05) is 25.2 Å². The van der Waals surface area contributed by atoms with Gasteiger partial charge in [0, 0.05) is 23.9 Å². The number of benzene rings is 2. The first-order valence-corrected chi connectivity index (χ1v) is 15.2. The van der Waals surface area contributed by atoms with Gasteiger partial charge in [0.2, 0.25) is 0 Å². The Bertz CT molecular complexity index is 2010. The number of imidazole rings is 1. The highest BCUT2D eigenvalue weighted by atomic mass is 32.2. The summed E-state index contributed by atoms with van der Waals surface area (Å²) in [5, 5.41) is 18.0. The fourth-order valence-electron chi connectivity index (χ4n) is 5.49. The number of hydrogen-bond donors (Lipinski definition) is 1. The Morgan fingerprint density at radius 1 is 1.11 bits per heavy atom. The lowest BCUT2D eigenvalue weighted by atomic mass is 9.88. The maximum absolute atomic E-state index is 15.1. The molecule has 0 radical (unpaired) electrons. The molecule has 0 spiro atoms. The standard InChI is InChI=1S/C30H25F4N5O4S/c1-16-8-21(9-19-6-7-43-29(16)19)26-13-35-37-39(26)25-11-18(20-10-23(31)22(15-40)27(12-20)44(3,41)42)4-5-24(25)38-14-28(30(32,33)34)36-17(38)2/h4-14,16,29,40H,15H2,1-3H3. The van der Waals surface area contributed by atoms with E-state index in [1.165, 1.54) is 40.6 Å². The molecule has 228 valence electrons. The van der Waals surface area contributed by atoms with Gasteiger partial charge in [0.1, 0.15) is 17.7 Å². The van der Waals surface area contributed by atoms with E-state index in [9.17, 15) is 26.7 Å². The number of aliphatic hydroxyl groups is 1. The summed E-state index contributed by atoms with van der Waals surface area (Å²) in [5.41, 5.74) is 1.78. The van der Waals surface area contributed by atoms with Gasteiger partial charge in [0.05, 0.1) is 41.0 Å². The number of ether oxygens (including phenoxy) is 1. The van der Waals surface area contributed by atoms with E-state index < -0.39 is 34.1 Å². The van der Waals surface area contributed by atoms with E-state index in [0.717, 1.165) is 29.7 Å². The molecule has 2 unspecified atom stereocenters. The van der Waals surface area contributed by atoms with Crippen LogP contribution in [0, 0.1) is 18.7 Å². The third-order valence-corrected chi connectivity index (χ3v) is 8.75. The molecule has 0 bridgehead atoms. The summed E-state index contributed by atoms with van der Waals surface area (Å²) < 4.78 is 89.2. The number of sulfone groups is 1. The number of allylic oxidation sites excluding steroid dienone is 2. The Kier molecular flexibility index (Phi) is 7.08. The smallest absolute Gasteiger partial charge is 0.434 e. The van der Waals surface area contributed by atoms with Crippen LogP contribution in [0.25, 0.3) is 28.1 Å². The molecular weight excluding hydrogens is 602 g/mol. The maximum atomic E-state index is 15.1. The molecule has 0 amide bonds. The SMILES string of the molecule is Cc1nc(C(F)(F)F)cn1-c1ccc(-c2cc(F)c(CO)c(S(C)(=O)=O)c2)cc1-n1nncc1C1=CC(C)C2OC=CC2=C1. The van der Waals surface area contributed by atoms with Gasteiger partial charge in [-0.3, -0.25) is 0 Å². The van der Waals surface area contributed by atoms with E-state index in [1.54, 1.807) is 12.3 Å². The molecular formula is C30H25F4N5O4S. The minimum absolute atomic E-state index is 0.0122. The molecule has 0 saturated heterocycles. The van der Waals surface area contributed by atoms with E-state index in [2.05, 4.69) is 15.3 Å². The van der Waals surface area contributed by atoms with E-state index in [0.29, 0.717) is 11.3 Å². The molecule has 6 rings (SSSR count). The molecule has 9 nitrogen and oxygen atoms in total. The Morgan fingerprint density at radius 2 is 1.89 bits per heavy atom. The number of hydrogen-bond acceptors (Lipinski definition) is 7. The van der Waals surface area contributed by atoms with Crippen molar-refractivity contribution in [1.82, 2.24) is 24.5 Å². The zero-order valence-corrected chi connectivity index (χ0v) is 24.4. The van der Waals surface area contributed by atoms with Crippen LogP contribution in [0.1, 0.15) is 29.7 Å². The van der Waals surface area contributed by atoms with Crippen LogP contribution >= 0.6 is 0 Å². The largest absolute Gasteiger partial charge is 0.493 e. The Balaban J connectivity index is 1.58. The molecule has 1 aliphatic carbocycles. The average molecular weight is 628 g/mol. The molecule has 2 atom stereocenters. The van der Waals surface area contributed by atoms with Crippen molar-refractivity contribution in [2.75, 3.05) is 6.26 Å². The van der Waals surface area contributed by atoms with Gasteiger partial charge < -0.3 is 14.4 Å². The lowest BCUT2D eigenvalue weighted by Crippen LogP contribution is -2.20. The predicted molar refractivity (Wildman–Crippen MR) is 152 cm³/mol. The van der Waals surface area contributed by atoms with Crippen molar-refractivity contribution in [3.8, 4) is 22.5 Å². The summed E-state index contributed by atoms with van der Waals surface area (Å²) in [6.07, 6.45) is 5.83. The second-order valence-electron chi connectivity index (χ2n) is 10.6. The third-order valence-electron chi connectivity index (χ3n) is 7.58. The van der Waals surface area contributed by atoms with Gasteiger partial charge in [0.15, 0.2) is 15.5 Å². The van der Waals surface area contributed by atoms with Crippen LogP contribution in [-0.4, -0.2) is 50.4 Å². The molecule has 1 N–H and O–H groups in total. The maximum Gasteiger partial charge on any atom is 0.434 e. The fourth-order valence-corrected chi connectivity index (χ4v) is 6.44. The molecule has 0 saturated carbocycles. The van der Waals surface area contributed by atoms with Crippen LogP contribution in [-0.2, 0) is 27.4 Å². The minimum atomic E-state index is -4.69. The molecule has 14 heteroatoms. The van der Waals surface area contributed by atoms with Crippen LogP contribution < -0.4 is 0 Å². The van der Waals surface area contributed by atoms with Gasteiger partial charge in [-0.15, -0.1) is 5.10 Å². The number of halogens is 4. The lowest BCUT2D eigenvalue weighted by Gasteiger charge is -2.23. The molecule has 4 aromatic rings. The number of aryl methyl sites for hydroxylation is 1. The number of alkyl halides is 3. The zero-order chi connectivity index (χ0) is 31.6. The fraction of sp³-hybridized carbons (Fsp3) is 0.233. The predicted octanol–water partition coefficient (Wildman–Crippen LogP) is 5.35. The third kappa shape index (κ3) is 5.13. The van der Waals surface area contributed by atoms with Crippen LogP contribution in [0.5, 0.6) is 0 Å². The summed E-state index contributed by atoms with van der Waals surface area (Å²) in [5.74, 6) is -0.886. The summed E-state index contributed by atoms with van der Waals surface area (Å²) in [7, 11) is -3.93. The second-order valence-corrected chi connectivity index (χ2v) is 12.6. The highest BCUT2D eigenvalue weighted by Crippen LogP contribution is 2.37. The topological polar surface area (TPSA) is 112 Å². The average Bonchev–Trinajstić information content (AvgIpc) is 3.71. The highest BCUT2D eigenvalue weighted by molar-refractivity contribution is 7.90. The van der Waals surface area contributed by atoms with Crippen molar-refractivity contribution in [1.29, 1.82) is 0 Å². The van der Waals surface area contributed by atoms with Crippen molar-refractivity contribution in [2.45, 2.75) is 37.6 Å². The van der Waals surface area contributed by atoms with Crippen LogP contribution in [0.2, 0.25) is 0 Å². The second kappa shape index (κ2) is 10.6. The van der Waals surface area contributed by atoms with E-state index in [4.69, 9.17) is 4.74 Å². The first kappa shape index (κ1) is 29.5. The van der Waals surface area contributed by atoms with Gasteiger partial charge >= 0.3 is 6.18 Å². The van der Waals surface area contributed by atoms with Gasteiger partial charge in [-0.05, 0) is 65.6 Å².